The van der Waals surface area contributed by atoms with E-state index in [0.29, 0.717) is 18.8 Å². The van der Waals surface area contributed by atoms with Crippen molar-refractivity contribution in [2.24, 2.45) is 0 Å². The standard InChI is InChI=1S/C22H21NO3/c1-2-25-21-14-13-17(22(24)23-19-9-5-3-6-10-19)15-18(21)16-26-20-11-7-4-8-12-20/h3-15H,2,16H2,1H3,(H,23,24). The summed E-state index contributed by atoms with van der Waals surface area (Å²) in [5, 5.41) is 2.89. The van der Waals surface area contributed by atoms with Crippen molar-refractivity contribution in [1.82, 2.24) is 0 Å². The molecule has 0 fully saturated rings. The average Bonchev–Trinajstić information content (AvgIpc) is 2.69. The van der Waals surface area contributed by atoms with Gasteiger partial charge < -0.3 is 14.8 Å². The molecular formula is C22H21NO3. The van der Waals surface area contributed by atoms with E-state index in [1.165, 1.54) is 0 Å². The van der Waals surface area contributed by atoms with Crippen molar-refractivity contribution in [3.05, 3.63) is 90.0 Å². The van der Waals surface area contributed by atoms with E-state index in [4.69, 9.17) is 9.47 Å². The number of amides is 1. The van der Waals surface area contributed by atoms with Crippen molar-refractivity contribution >= 4 is 11.6 Å². The van der Waals surface area contributed by atoms with Crippen molar-refractivity contribution in [2.75, 3.05) is 11.9 Å². The zero-order chi connectivity index (χ0) is 18.2. The third-order valence-corrected chi connectivity index (χ3v) is 3.79. The summed E-state index contributed by atoms with van der Waals surface area (Å²) in [5.74, 6) is 1.33. The minimum absolute atomic E-state index is 0.166. The third kappa shape index (κ3) is 4.63. The Morgan fingerprint density at radius 3 is 2.27 bits per heavy atom. The maximum Gasteiger partial charge on any atom is 0.255 e. The average molecular weight is 347 g/mol. The molecule has 4 heteroatoms. The molecule has 0 radical (unpaired) electrons. The predicted molar refractivity (Wildman–Crippen MR) is 103 cm³/mol. The van der Waals surface area contributed by atoms with Gasteiger partial charge in [-0.05, 0) is 49.4 Å². The Balaban J connectivity index is 1.77. The van der Waals surface area contributed by atoms with Crippen molar-refractivity contribution in [2.45, 2.75) is 13.5 Å². The summed E-state index contributed by atoms with van der Waals surface area (Å²) in [5.41, 5.74) is 2.15. The normalized spacial score (nSPS) is 10.2. The summed E-state index contributed by atoms with van der Waals surface area (Å²) in [6.45, 7) is 2.80. The molecule has 0 atom stereocenters. The van der Waals surface area contributed by atoms with Crippen LogP contribution in [0.15, 0.2) is 78.9 Å². The first-order valence-electron chi connectivity index (χ1n) is 8.56. The van der Waals surface area contributed by atoms with Crippen molar-refractivity contribution in [3.8, 4) is 11.5 Å². The molecule has 0 saturated carbocycles. The van der Waals surface area contributed by atoms with E-state index in [0.717, 1.165) is 22.7 Å². The Morgan fingerprint density at radius 1 is 0.885 bits per heavy atom. The van der Waals surface area contributed by atoms with E-state index in [1.54, 1.807) is 6.07 Å². The van der Waals surface area contributed by atoms with Gasteiger partial charge in [0, 0.05) is 16.8 Å². The van der Waals surface area contributed by atoms with Gasteiger partial charge in [0.05, 0.1) is 6.61 Å². The molecule has 0 aliphatic carbocycles. The SMILES string of the molecule is CCOc1ccc(C(=O)Nc2ccccc2)cc1COc1ccccc1. The second kappa shape index (κ2) is 8.72. The van der Waals surface area contributed by atoms with Gasteiger partial charge in [-0.3, -0.25) is 4.79 Å². The number of anilines is 1. The number of rotatable bonds is 7. The van der Waals surface area contributed by atoms with Gasteiger partial charge >= 0.3 is 0 Å². The Morgan fingerprint density at radius 2 is 1.58 bits per heavy atom. The van der Waals surface area contributed by atoms with Gasteiger partial charge in [0.1, 0.15) is 18.1 Å². The molecule has 3 aromatic carbocycles. The number of nitrogens with one attached hydrogen (secondary N) is 1. The fourth-order valence-corrected chi connectivity index (χ4v) is 2.53. The van der Waals surface area contributed by atoms with Crippen LogP contribution in [-0.2, 0) is 6.61 Å². The monoisotopic (exact) mass is 347 g/mol. The topological polar surface area (TPSA) is 47.6 Å². The molecule has 0 spiro atoms. The number of carbonyl (C=O) groups is 1. The highest BCUT2D eigenvalue weighted by molar-refractivity contribution is 6.04. The zero-order valence-electron chi connectivity index (χ0n) is 14.6. The van der Waals surface area contributed by atoms with E-state index in [9.17, 15) is 4.79 Å². The molecule has 1 amide bonds. The minimum Gasteiger partial charge on any atom is -0.493 e. The number of carbonyl (C=O) groups excluding carboxylic acids is 1. The molecule has 3 rings (SSSR count). The molecular weight excluding hydrogens is 326 g/mol. The van der Waals surface area contributed by atoms with Crippen LogP contribution in [0.1, 0.15) is 22.8 Å². The van der Waals surface area contributed by atoms with Gasteiger partial charge in [0.15, 0.2) is 0 Å². The maximum absolute atomic E-state index is 12.5. The Kier molecular flexibility index (Phi) is 5.88. The highest BCUT2D eigenvalue weighted by Gasteiger charge is 2.11. The van der Waals surface area contributed by atoms with Crippen molar-refractivity contribution < 1.29 is 14.3 Å². The second-order valence-corrected chi connectivity index (χ2v) is 5.68. The molecule has 4 nitrogen and oxygen atoms in total. The van der Waals surface area contributed by atoms with E-state index >= 15 is 0 Å². The largest absolute Gasteiger partial charge is 0.493 e. The summed E-state index contributed by atoms with van der Waals surface area (Å²) >= 11 is 0. The van der Waals surface area contributed by atoms with Crippen molar-refractivity contribution in [3.63, 3.8) is 0 Å². The van der Waals surface area contributed by atoms with Crippen LogP contribution in [0.2, 0.25) is 0 Å². The quantitative estimate of drug-likeness (QED) is 0.660. The number of ether oxygens (including phenoxy) is 2. The Labute approximate surface area is 153 Å². The summed E-state index contributed by atoms with van der Waals surface area (Å²) in [7, 11) is 0. The second-order valence-electron chi connectivity index (χ2n) is 5.68. The lowest BCUT2D eigenvalue weighted by Gasteiger charge is -2.13. The van der Waals surface area contributed by atoms with Crippen LogP contribution in [0.3, 0.4) is 0 Å². The summed E-state index contributed by atoms with van der Waals surface area (Å²) in [4.78, 5) is 12.5. The van der Waals surface area contributed by atoms with E-state index in [1.807, 2.05) is 79.7 Å². The molecule has 0 bridgehead atoms. The fourth-order valence-electron chi connectivity index (χ4n) is 2.53. The van der Waals surface area contributed by atoms with E-state index in [2.05, 4.69) is 5.32 Å². The van der Waals surface area contributed by atoms with E-state index in [-0.39, 0.29) is 5.91 Å². The van der Waals surface area contributed by atoms with Gasteiger partial charge in [0.25, 0.3) is 5.91 Å². The highest BCUT2D eigenvalue weighted by atomic mass is 16.5. The molecule has 0 aromatic heterocycles. The number of para-hydroxylation sites is 2. The molecule has 0 saturated heterocycles. The Bertz CT molecular complexity index is 848. The molecule has 1 N–H and O–H groups in total. The maximum atomic E-state index is 12.5. The molecule has 0 aliphatic heterocycles. The number of benzene rings is 3. The third-order valence-electron chi connectivity index (χ3n) is 3.79. The molecule has 0 heterocycles. The fraction of sp³-hybridized carbons (Fsp3) is 0.136. The zero-order valence-corrected chi connectivity index (χ0v) is 14.6. The highest BCUT2D eigenvalue weighted by Crippen LogP contribution is 2.23. The van der Waals surface area contributed by atoms with Crippen LogP contribution in [0.5, 0.6) is 11.5 Å². The van der Waals surface area contributed by atoms with Crippen LogP contribution in [0.25, 0.3) is 0 Å². The first-order valence-corrected chi connectivity index (χ1v) is 8.56. The van der Waals surface area contributed by atoms with Crippen LogP contribution in [0, 0.1) is 0 Å². The lowest BCUT2D eigenvalue weighted by Crippen LogP contribution is -2.13. The van der Waals surface area contributed by atoms with Crippen LogP contribution in [0.4, 0.5) is 5.69 Å². The van der Waals surface area contributed by atoms with Crippen molar-refractivity contribution in [1.29, 1.82) is 0 Å². The summed E-state index contributed by atoms with van der Waals surface area (Å²) in [6, 6.07) is 24.3. The molecule has 132 valence electrons. The van der Waals surface area contributed by atoms with Crippen LogP contribution in [-0.4, -0.2) is 12.5 Å². The lowest BCUT2D eigenvalue weighted by atomic mass is 10.1. The van der Waals surface area contributed by atoms with Crippen LogP contribution >= 0.6 is 0 Å². The molecule has 0 aliphatic rings. The lowest BCUT2D eigenvalue weighted by molar-refractivity contribution is 0.102. The summed E-state index contributed by atoms with van der Waals surface area (Å²) in [6.07, 6.45) is 0. The predicted octanol–water partition coefficient (Wildman–Crippen LogP) is 4.92. The number of hydrogen-bond acceptors (Lipinski definition) is 3. The molecule has 26 heavy (non-hydrogen) atoms. The van der Waals surface area contributed by atoms with Gasteiger partial charge in [-0.2, -0.15) is 0 Å². The first-order chi connectivity index (χ1) is 12.8. The molecule has 0 unspecified atom stereocenters. The first kappa shape index (κ1) is 17.5. The van der Waals surface area contributed by atoms with Gasteiger partial charge in [-0.15, -0.1) is 0 Å². The van der Waals surface area contributed by atoms with Crippen LogP contribution < -0.4 is 14.8 Å². The minimum atomic E-state index is -0.166. The smallest absolute Gasteiger partial charge is 0.255 e. The van der Waals surface area contributed by atoms with Gasteiger partial charge in [-0.25, -0.2) is 0 Å². The van der Waals surface area contributed by atoms with E-state index < -0.39 is 0 Å². The Hall–Kier alpha value is -3.27. The van der Waals surface area contributed by atoms with Gasteiger partial charge in [-0.1, -0.05) is 36.4 Å². The number of hydrogen-bond donors (Lipinski definition) is 1. The summed E-state index contributed by atoms with van der Waals surface area (Å²) < 4.78 is 11.5. The molecule has 3 aromatic rings. The van der Waals surface area contributed by atoms with Gasteiger partial charge in [0.2, 0.25) is 0 Å².